The molecule has 0 N–H and O–H groups in total. The average Bonchev–Trinajstić information content (AvgIpc) is 3.20. The van der Waals surface area contributed by atoms with Gasteiger partial charge in [0.25, 0.3) is 5.91 Å². The summed E-state index contributed by atoms with van der Waals surface area (Å²) >= 11 is 0. The van der Waals surface area contributed by atoms with Crippen molar-refractivity contribution in [2.45, 2.75) is 38.6 Å². The van der Waals surface area contributed by atoms with Crippen LogP contribution in [-0.4, -0.2) is 28.1 Å². The van der Waals surface area contributed by atoms with Crippen molar-refractivity contribution in [1.82, 2.24) is 9.88 Å². The number of carbonyl (C=O) groups is 2. The molecule has 0 fully saturated rings. The molecule has 3 aromatic rings. The van der Waals surface area contributed by atoms with Crippen molar-refractivity contribution in [1.29, 1.82) is 0 Å². The molecule has 0 spiro atoms. The Hall–Kier alpha value is -3.21. The van der Waals surface area contributed by atoms with Gasteiger partial charge in [0, 0.05) is 38.3 Å². The molecule has 0 saturated heterocycles. The van der Waals surface area contributed by atoms with Crippen LogP contribution in [0.3, 0.4) is 0 Å². The lowest BCUT2D eigenvalue weighted by atomic mass is 9.93. The number of Topliss-reactive ketones (excluding diaryl/α,β-unsaturated/α-hetero) is 1. The molecule has 5 nitrogen and oxygen atoms in total. The molecule has 0 radical (unpaired) electrons. The van der Waals surface area contributed by atoms with Gasteiger partial charge < -0.3 is 9.32 Å². The zero-order valence-electron chi connectivity index (χ0n) is 16.3. The summed E-state index contributed by atoms with van der Waals surface area (Å²) < 4.78 is 5.57. The summed E-state index contributed by atoms with van der Waals surface area (Å²) in [7, 11) is 0. The lowest BCUT2D eigenvalue weighted by Crippen LogP contribution is -2.33. The van der Waals surface area contributed by atoms with Gasteiger partial charge in [-0.25, -0.2) is 0 Å². The number of amides is 1. The summed E-state index contributed by atoms with van der Waals surface area (Å²) in [5.41, 5.74) is 3.09. The van der Waals surface area contributed by atoms with Crippen molar-refractivity contribution in [3.05, 3.63) is 89.1 Å². The highest BCUT2D eigenvalue weighted by Crippen LogP contribution is 2.27. The summed E-state index contributed by atoms with van der Waals surface area (Å²) in [6, 6.07) is 14.1. The van der Waals surface area contributed by atoms with E-state index in [4.69, 9.17) is 4.42 Å². The van der Waals surface area contributed by atoms with Crippen LogP contribution in [0.2, 0.25) is 0 Å². The van der Waals surface area contributed by atoms with Crippen LogP contribution >= 0.6 is 0 Å². The van der Waals surface area contributed by atoms with Gasteiger partial charge in [0.1, 0.15) is 12.0 Å². The molecule has 1 aliphatic carbocycles. The van der Waals surface area contributed by atoms with Crippen LogP contribution in [0.1, 0.15) is 56.9 Å². The molecule has 29 heavy (non-hydrogen) atoms. The van der Waals surface area contributed by atoms with Gasteiger partial charge in [-0.2, -0.15) is 0 Å². The van der Waals surface area contributed by atoms with E-state index in [1.807, 2.05) is 30.3 Å². The Morgan fingerprint density at radius 2 is 1.90 bits per heavy atom. The fourth-order valence-corrected chi connectivity index (χ4v) is 3.83. The first kappa shape index (κ1) is 19.1. The van der Waals surface area contributed by atoms with Crippen LogP contribution < -0.4 is 0 Å². The first-order valence-corrected chi connectivity index (χ1v) is 10.1. The molecule has 0 aliphatic heterocycles. The number of aromatic nitrogens is 1. The number of aryl methyl sites for hydroxylation is 2. The Kier molecular flexibility index (Phi) is 5.84. The Balaban J connectivity index is 1.53. The molecule has 0 bridgehead atoms. The smallest absolute Gasteiger partial charge is 0.258 e. The third kappa shape index (κ3) is 4.45. The molecular formula is C24H24N2O3. The maximum atomic E-state index is 13.4. The predicted octanol–water partition coefficient (Wildman–Crippen LogP) is 4.47. The maximum Gasteiger partial charge on any atom is 0.258 e. The van der Waals surface area contributed by atoms with E-state index in [2.05, 4.69) is 17.1 Å². The lowest BCUT2D eigenvalue weighted by molar-refractivity contribution is 0.0735. The molecule has 148 valence electrons. The normalized spacial score (nSPS) is 13.2. The van der Waals surface area contributed by atoms with Crippen molar-refractivity contribution < 1.29 is 14.0 Å². The second-order valence-corrected chi connectivity index (χ2v) is 7.40. The van der Waals surface area contributed by atoms with Gasteiger partial charge in [-0.1, -0.05) is 36.4 Å². The minimum atomic E-state index is -0.151. The molecule has 2 aromatic heterocycles. The number of benzene rings is 1. The van der Waals surface area contributed by atoms with Gasteiger partial charge in [-0.15, -0.1) is 0 Å². The van der Waals surface area contributed by atoms with Gasteiger partial charge in [0.05, 0.1) is 11.1 Å². The first-order valence-electron chi connectivity index (χ1n) is 10.1. The van der Waals surface area contributed by atoms with Gasteiger partial charge in [0.2, 0.25) is 0 Å². The number of furan rings is 1. The maximum absolute atomic E-state index is 13.4. The quantitative estimate of drug-likeness (QED) is 0.599. The molecule has 0 atom stereocenters. The predicted molar refractivity (Wildman–Crippen MR) is 110 cm³/mol. The first-order chi connectivity index (χ1) is 14.2. The molecule has 1 aromatic carbocycles. The topological polar surface area (TPSA) is 63.4 Å². The summed E-state index contributed by atoms with van der Waals surface area (Å²) in [5, 5.41) is 0. The minimum absolute atomic E-state index is 0.00830. The van der Waals surface area contributed by atoms with E-state index in [1.54, 1.807) is 17.3 Å². The summed E-state index contributed by atoms with van der Waals surface area (Å²) in [6.45, 7) is 1.05. The second kappa shape index (κ2) is 8.86. The lowest BCUT2D eigenvalue weighted by Gasteiger charge is -2.23. The van der Waals surface area contributed by atoms with Crippen LogP contribution in [0.4, 0.5) is 0 Å². The number of pyridine rings is 1. The number of ketones is 1. The fourth-order valence-electron chi connectivity index (χ4n) is 3.83. The number of carbonyl (C=O) groups excluding carboxylic acids is 2. The van der Waals surface area contributed by atoms with E-state index in [9.17, 15) is 9.59 Å². The Bertz CT molecular complexity index is 980. The van der Waals surface area contributed by atoms with E-state index in [1.165, 1.54) is 11.8 Å². The molecular weight excluding hydrogens is 364 g/mol. The molecule has 1 amide bonds. The molecule has 1 aliphatic rings. The number of hydrogen-bond acceptors (Lipinski definition) is 4. The number of hydrogen-bond donors (Lipinski definition) is 0. The van der Waals surface area contributed by atoms with Gasteiger partial charge >= 0.3 is 0 Å². The van der Waals surface area contributed by atoms with Crippen LogP contribution in [-0.2, 0) is 19.4 Å². The highest BCUT2D eigenvalue weighted by atomic mass is 16.3. The third-order valence-corrected chi connectivity index (χ3v) is 5.30. The minimum Gasteiger partial charge on any atom is -0.468 e. The van der Waals surface area contributed by atoms with Crippen LogP contribution in [0.25, 0.3) is 0 Å². The Labute approximate surface area is 170 Å². The van der Waals surface area contributed by atoms with Crippen molar-refractivity contribution in [2.24, 2.45) is 0 Å². The zero-order chi connectivity index (χ0) is 20.1. The molecule has 0 unspecified atom stereocenters. The highest BCUT2D eigenvalue weighted by molar-refractivity contribution is 6.09. The van der Waals surface area contributed by atoms with E-state index in [-0.39, 0.29) is 11.7 Å². The summed E-state index contributed by atoms with van der Waals surface area (Å²) in [5.74, 6) is 0.506. The van der Waals surface area contributed by atoms with Crippen molar-refractivity contribution in [2.75, 3.05) is 6.54 Å². The number of nitrogens with zero attached hydrogens (tertiary/aromatic N) is 2. The van der Waals surface area contributed by atoms with E-state index < -0.39 is 0 Å². The van der Waals surface area contributed by atoms with Crippen LogP contribution in [0.5, 0.6) is 0 Å². The SMILES string of the molecule is O=C1CCCc2occ(C(=O)N(CCCc3ccccc3)Cc3cccnc3)c21. The fraction of sp³-hybridized carbons (Fsp3) is 0.292. The molecule has 4 rings (SSSR count). The second-order valence-electron chi connectivity index (χ2n) is 7.40. The summed E-state index contributed by atoms with van der Waals surface area (Å²) in [4.78, 5) is 31.7. The van der Waals surface area contributed by atoms with E-state index >= 15 is 0 Å². The zero-order valence-corrected chi connectivity index (χ0v) is 16.3. The van der Waals surface area contributed by atoms with E-state index in [0.717, 1.165) is 24.8 Å². The highest BCUT2D eigenvalue weighted by Gasteiger charge is 2.30. The standard InChI is InChI=1S/C24H24N2O3/c27-21-11-4-12-22-23(21)20(17-29-22)24(28)26(16-19-9-5-13-25-15-19)14-6-10-18-7-2-1-3-8-18/h1-3,5,7-9,13,15,17H,4,6,10-12,14,16H2. The number of fused-ring (bicyclic) bond motifs is 1. The Morgan fingerprint density at radius 3 is 2.69 bits per heavy atom. The molecule has 2 heterocycles. The van der Waals surface area contributed by atoms with E-state index in [0.29, 0.717) is 42.8 Å². The van der Waals surface area contributed by atoms with Crippen molar-refractivity contribution in [3.63, 3.8) is 0 Å². The van der Waals surface area contributed by atoms with Gasteiger partial charge in [-0.3, -0.25) is 14.6 Å². The van der Waals surface area contributed by atoms with Crippen LogP contribution in [0, 0.1) is 0 Å². The molecule has 0 saturated carbocycles. The average molecular weight is 388 g/mol. The molecule has 5 heteroatoms. The summed E-state index contributed by atoms with van der Waals surface area (Å²) in [6.07, 6.45) is 8.65. The van der Waals surface area contributed by atoms with Crippen LogP contribution in [0.15, 0.2) is 65.5 Å². The number of rotatable bonds is 7. The largest absolute Gasteiger partial charge is 0.468 e. The monoisotopic (exact) mass is 388 g/mol. The third-order valence-electron chi connectivity index (χ3n) is 5.30. The van der Waals surface area contributed by atoms with Gasteiger partial charge in [-0.05, 0) is 36.5 Å². The van der Waals surface area contributed by atoms with Crippen molar-refractivity contribution >= 4 is 11.7 Å². The Morgan fingerprint density at radius 1 is 1.07 bits per heavy atom. The van der Waals surface area contributed by atoms with Crippen molar-refractivity contribution in [3.8, 4) is 0 Å². The van der Waals surface area contributed by atoms with Gasteiger partial charge in [0.15, 0.2) is 5.78 Å².